The third-order valence-corrected chi connectivity index (χ3v) is 8.22. The molecule has 1 N–H and O–H groups in total. The number of carbonyl (C=O) groups is 1. The maximum atomic E-state index is 13.2. The summed E-state index contributed by atoms with van der Waals surface area (Å²) < 4.78 is 26.8. The molecule has 33 heavy (non-hydrogen) atoms. The lowest BCUT2D eigenvalue weighted by Crippen LogP contribution is -2.51. The van der Waals surface area contributed by atoms with E-state index in [2.05, 4.69) is 15.3 Å². The second-order valence-corrected chi connectivity index (χ2v) is 11.2. The summed E-state index contributed by atoms with van der Waals surface area (Å²) in [5, 5.41) is 3.56. The lowest BCUT2D eigenvalue weighted by atomic mass is 9.95. The van der Waals surface area contributed by atoms with Crippen LogP contribution in [-0.4, -0.2) is 40.4 Å². The molecular weight excluding hydrogens is 456 g/mol. The first kappa shape index (κ1) is 23.4. The van der Waals surface area contributed by atoms with Crippen LogP contribution in [0.25, 0.3) is 0 Å². The number of nitrogens with one attached hydrogen (secondary N) is 1. The van der Waals surface area contributed by atoms with Crippen LogP contribution in [0.1, 0.15) is 29.4 Å². The standard InChI is InChI=1S/C24H26N4O3S2/c1-4-33(30,31)28-15-19-8-6-5-7-18(19)14-22(28)23(29)27-20-9-11-21(12-10-20)32-24-25-16(2)13-17(3)26-24/h5-13,22H,4,14-15H2,1-3H3,(H,27,29). The van der Waals surface area contributed by atoms with Gasteiger partial charge in [-0.3, -0.25) is 4.79 Å². The number of anilines is 1. The Morgan fingerprint density at radius 3 is 2.33 bits per heavy atom. The molecule has 1 aliphatic heterocycles. The van der Waals surface area contributed by atoms with Gasteiger partial charge < -0.3 is 5.32 Å². The largest absolute Gasteiger partial charge is 0.325 e. The highest BCUT2D eigenvalue weighted by Crippen LogP contribution is 2.29. The van der Waals surface area contributed by atoms with Gasteiger partial charge in [-0.25, -0.2) is 18.4 Å². The Labute approximate surface area is 198 Å². The molecule has 0 spiro atoms. The average Bonchev–Trinajstić information content (AvgIpc) is 2.78. The second kappa shape index (κ2) is 9.62. The van der Waals surface area contributed by atoms with E-state index in [0.29, 0.717) is 17.3 Å². The first-order chi connectivity index (χ1) is 15.7. The molecule has 1 aliphatic rings. The summed E-state index contributed by atoms with van der Waals surface area (Å²) in [5.74, 6) is -0.384. The van der Waals surface area contributed by atoms with E-state index in [1.807, 2.05) is 56.3 Å². The molecule has 0 fully saturated rings. The van der Waals surface area contributed by atoms with Crippen LogP contribution < -0.4 is 5.32 Å². The fourth-order valence-corrected chi connectivity index (χ4v) is 5.94. The molecule has 0 radical (unpaired) electrons. The molecule has 1 aromatic heterocycles. The topological polar surface area (TPSA) is 92.3 Å². The SMILES string of the molecule is CCS(=O)(=O)N1Cc2ccccc2CC1C(=O)Nc1ccc(Sc2nc(C)cc(C)n2)cc1. The minimum atomic E-state index is -3.54. The van der Waals surface area contributed by atoms with Crippen LogP contribution in [0.4, 0.5) is 5.69 Å². The van der Waals surface area contributed by atoms with Crippen molar-refractivity contribution in [2.75, 3.05) is 11.1 Å². The van der Waals surface area contributed by atoms with Gasteiger partial charge in [-0.1, -0.05) is 24.3 Å². The number of aromatic nitrogens is 2. The molecule has 0 saturated carbocycles. The Bertz CT molecular complexity index is 1260. The van der Waals surface area contributed by atoms with Gasteiger partial charge in [0.1, 0.15) is 6.04 Å². The second-order valence-electron chi connectivity index (χ2n) is 7.98. The molecule has 2 aromatic carbocycles. The van der Waals surface area contributed by atoms with Gasteiger partial charge in [-0.15, -0.1) is 0 Å². The maximum Gasteiger partial charge on any atom is 0.243 e. The van der Waals surface area contributed by atoms with Crippen LogP contribution in [0.3, 0.4) is 0 Å². The van der Waals surface area contributed by atoms with E-state index in [1.54, 1.807) is 19.1 Å². The molecule has 1 atom stereocenters. The zero-order valence-electron chi connectivity index (χ0n) is 18.8. The van der Waals surface area contributed by atoms with Crippen molar-refractivity contribution in [2.24, 2.45) is 0 Å². The van der Waals surface area contributed by atoms with Crippen LogP contribution >= 0.6 is 11.8 Å². The van der Waals surface area contributed by atoms with Crippen LogP contribution in [0.2, 0.25) is 0 Å². The van der Waals surface area contributed by atoms with Gasteiger partial charge in [0.05, 0.1) is 5.75 Å². The molecule has 0 bridgehead atoms. The highest BCUT2D eigenvalue weighted by molar-refractivity contribution is 7.99. The third-order valence-electron chi connectivity index (χ3n) is 5.52. The number of benzene rings is 2. The minimum absolute atomic E-state index is 0.0502. The van der Waals surface area contributed by atoms with Gasteiger partial charge in [0, 0.05) is 28.5 Å². The average molecular weight is 483 g/mol. The normalized spacial score (nSPS) is 16.3. The minimum Gasteiger partial charge on any atom is -0.325 e. The first-order valence-corrected chi connectivity index (χ1v) is 13.1. The van der Waals surface area contributed by atoms with E-state index >= 15 is 0 Å². The lowest BCUT2D eigenvalue weighted by Gasteiger charge is -2.34. The first-order valence-electron chi connectivity index (χ1n) is 10.7. The number of sulfonamides is 1. The van der Waals surface area contributed by atoms with Crippen molar-refractivity contribution in [2.45, 2.75) is 49.8 Å². The summed E-state index contributed by atoms with van der Waals surface area (Å²) >= 11 is 1.45. The highest BCUT2D eigenvalue weighted by Gasteiger charge is 2.37. The summed E-state index contributed by atoms with van der Waals surface area (Å²) in [7, 11) is -3.54. The number of hydrogen-bond acceptors (Lipinski definition) is 6. The van der Waals surface area contributed by atoms with Crippen molar-refractivity contribution in [3.63, 3.8) is 0 Å². The summed E-state index contributed by atoms with van der Waals surface area (Å²) in [6.07, 6.45) is 0.346. The van der Waals surface area contributed by atoms with Crippen LogP contribution in [0.15, 0.2) is 64.6 Å². The fraction of sp³-hybridized carbons (Fsp3) is 0.292. The number of amides is 1. The van der Waals surface area contributed by atoms with Crippen LogP contribution in [-0.2, 0) is 27.8 Å². The van der Waals surface area contributed by atoms with E-state index in [4.69, 9.17) is 0 Å². The molecule has 0 aliphatic carbocycles. The van der Waals surface area contributed by atoms with Crippen molar-refractivity contribution in [3.8, 4) is 0 Å². The number of hydrogen-bond donors (Lipinski definition) is 1. The third kappa shape index (κ3) is 5.43. The smallest absolute Gasteiger partial charge is 0.243 e. The predicted octanol–water partition coefficient (Wildman–Crippen LogP) is 3.96. The molecule has 1 unspecified atom stereocenters. The van der Waals surface area contributed by atoms with Crippen LogP contribution in [0.5, 0.6) is 0 Å². The van der Waals surface area contributed by atoms with Crippen molar-refractivity contribution in [1.82, 2.24) is 14.3 Å². The van der Waals surface area contributed by atoms with E-state index in [0.717, 1.165) is 27.4 Å². The molecule has 172 valence electrons. The molecular formula is C24H26N4O3S2. The quantitative estimate of drug-likeness (QED) is 0.535. The van der Waals surface area contributed by atoms with E-state index in [1.165, 1.54) is 16.1 Å². The molecule has 1 amide bonds. The summed E-state index contributed by atoms with van der Waals surface area (Å²) in [6, 6.07) is 16.2. The van der Waals surface area contributed by atoms with Gasteiger partial charge in [-0.2, -0.15) is 4.31 Å². The summed E-state index contributed by atoms with van der Waals surface area (Å²) in [6.45, 7) is 5.67. The molecule has 9 heteroatoms. The number of aryl methyl sites for hydroxylation is 2. The number of rotatable bonds is 6. The predicted molar refractivity (Wildman–Crippen MR) is 130 cm³/mol. The van der Waals surface area contributed by atoms with Gasteiger partial charge in [-0.05, 0) is 80.4 Å². The summed E-state index contributed by atoms with van der Waals surface area (Å²) in [4.78, 5) is 23.0. The van der Waals surface area contributed by atoms with Crippen molar-refractivity contribution in [3.05, 3.63) is 77.1 Å². The molecule has 2 heterocycles. The molecule has 3 aromatic rings. The zero-order valence-corrected chi connectivity index (χ0v) is 20.4. The molecule has 0 saturated heterocycles. The van der Waals surface area contributed by atoms with Crippen molar-refractivity contribution >= 4 is 33.4 Å². The van der Waals surface area contributed by atoms with Gasteiger partial charge >= 0.3 is 0 Å². The van der Waals surface area contributed by atoms with Crippen molar-refractivity contribution < 1.29 is 13.2 Å². The molecule has 4 rings (SSSR count). The van der Waals surface area contributed by atoms with E-state index < -0.39 is 16.1 Å². The van der Waals surface area contributed by atoms with E-state index in [9.17, 15) is 13.2 Å². The Morgan fingerprint density at radius 2 is 1.70 bits per heavy atom. The van der Waals surface area contributed by atoms with Gasteiger partial charge in [0.2, 0.25) is 15.9 Å². The number of carbonyl (C=O) groups excluding carboxylic acids is 1. The Hall–Kier alpha value is -2.75. The Morgan fingerprint density at radius 1 is 1.06 bits per heavy atom. The fourth-order valence-electron chi connectivity index (χ4n) is 3.86. The number of nitrogens with zero attached hydrogens (tertiary/aromatic N) is 3. The molecule has 7 nitrogen and oxygen atoms in total. The lowest BCUT2D eigenvalue weighted by molar-refractivity contribution is -0.120. The summed E-state index contributed by atoms with van der Waals surface area (Å²) in [5.41, 5.74) is 4.37. The van der Waals surface area contributed by atoms with Gasteiger partial charge in [0.15, 0.2) is 5.16 Å². The number of fused-ring (bicyclic) bond motifs is 1. The monoisotopic (exact) mass is 482 g/mol. The maximum absolute atomic E-state index is 13.2. The van der Waals surface area contributed by atoms with Gasteiger partial charge in [0.25, 0.3) is 0 Å². The van der Waals surface area contributed by atoms with Crippen molar-refractivity contribution in [1.29, 1.82) is 0 Å². The van der Waals surface area contributed by atoms with E-state index in [-0.39, 0.29) is 18.2 Å². The van der Waals surface area contributed by atoms with Crippen LogP contribution in [0, 0.1) is 13.8 Å². The zero-order chi connectivity index (χ0) is 23.6. The Kier molecular flexibility index (Phi) is 6.83. The highest BCUT2D eigenvalue weighted by atomic mass is 32.2. The Balaban J connectivity index is 1.50.